The van der Waals surface area contributed by atoms with Crippen LogP contribution in [-0.4, -0.2) is 0 Å². The fraction of sp³-hybridized carbons (Fsp3) is 0.333. The first-order valence-electron chi connectivity index (χ1n) is 12.7. The molecule has 0 aromatic heterocycles. The van der Waals surface area contributed by atoms with E-state index in [0.29, 0.717) is 0 Å². The third kappa shape index (κ3) is 3.63. The maximum absolute atomic E-state index is 4.52. The van der Waals surface area contributed by atoms with Crippen LogP contribution in [0.2, 0.25) is 0 Å². The normalized spacial score (nSPS) is 19.1. The maximum atomic E-state index is 4.52. The minimum absolute atomic E-state index is 0.0521. The highest BCUT2D eigenvalue weighted by Crippen LogP contribution is 2.47. The lowest BCUT2D eigenvalue weighted by atomic mass is 9.72. The van der Waals surface area contributed by atoms with Gasteiger partial charge in [0.2, 0.25) is 0 Å². The lowest BCUT2D eigenvalue weighted by Crippen LogP contribution is -2.23. The van der Waals surface area contributed by atoms with Crippen molar-refractivity contribution < 1.29 is 0 Å². The molecule has 174 valence electrons. The van der Waals surface area contributed by atoms with Gasteiger partial charge in [-0.25, -0.2) is 0 Å². The molecule has 0 bridgehead atoms. The molecule has 0 saturated heterocycles. The van der Waals surface area contributed by atoms with Gasteiger partial charge in [-0.1, -0.05) is 88.9 Å². The Labute approximate surface area is 205 Å². The van der Waals surface area contributed by atoms with Crippen molar-refractivity contribution >= 4 is 17.8 Å². The van der Waals surface area contributed by atoms with E-state index in [1.54, 1.807) is 0 Å². The molecular weight excluding hydrogens is 410 g/mol. The van der Waals surface area contributed by atoms with Crippen LogP contribution in [0.3, 0.4) is 0 Å². The Hall–Kier alpha value is -3.06. The largest absolute Gasteiger partial charge is 0.358 e. The molecule has 34 heavy (non-hydrogen) atoms. The number of anilines is 1. The smallest absolute Gasteiger partial charge is 0.0430 e. The van der Waals surface area contributed by atoms with Crippen LogP contribution < -0.4 is 5.32 Å². The van der Waals surface area contributed by atoms with Crippen molar-refractivity contribution in [2.24, 2.45) is 0 Å². The first-order valence-corrected chi connectivity index (χ1v) is 12.7. The molecule has 2 aromatic carbocycles. The first kappa shape index (κ1) is 22.7. The second kappa shape index (κ2) is 8.31. The lowest BCUT2D eigenvalue weighted by Gasteiger charge is -2.32. The molecule has 1 aliphatic heterocycles. The van der Waals surface area contributed by atoms with E-state index in [9.17, 15) is 0 Å². The van der Waals surface area contributed by atoms with Crippen molar-refractivity contribution in [1.82, 2.24) is 0 Å². The molecule has 2 aliphatic carbocycles. The van der Waals surface area contributed by atoms with Crippen molar-refractivity contribution in [2.75, 3.05) is 5.32 Å². The summed E-state index contributed by atoms with van der Waals surface area (Å²) in [6, 6.07) is 9.14. The van der Waals surface area contributed by atoms with E-state index in [1.807, 2.05) is 0 Å². The van der Waals surface area contributed by atoms with Crippen molar-refractivity contribution in [1.29, 1.82) is 0 Å². The van der Waals surface area contributed by atoms with Crippen LogP contribution in [0.5, 0.6) is 0 Å². The topological polar surface area (TPSA) is 12.0 Å². The van der Waals surface area contributed by atoms with Crippen LogP contribution in [0.15, 0.2) is 72.5 Å². The summed E-state index contributed by atoms with van der Waals surface area (Å²) in [5.74, 6) is 0. The number of allylic oxidation sites excluding steroid dienone is 7. The summed E-state index contributed by atoms with van der Waals surface area (Å²) in [6.45, 7) is 16.0. The van der Waals surface area contributed by atoms with E-state index < -0.39 is 0 Å². The predicted molar refractivity (Wildman–Crippen MR) is 148 cm³/mol. The van der Waals surface area contributed by atoms with Gasteiger partial charge in [-0.15, -0.1) is 0 Å². The average molecular weight is 448 g/mol. The second-order valence-electron chi connectivity index (χ2n) is 11.1. The van der Waals surface area contributed by atoms with Crippen LogP contribution >= 0.6 is 0 Å². The van der Waals surface area contributed by atoms with Gasteiger partial charge in [0.25, 0.3) is 0 Å². The van der Waals surface area contributed by atoms with Gasteiger partial charge in [0.1, 0.15) is 0 Å². The van der Waals surface area contributed by atoms with Gasteiger partial charge in [-0.05, 0) is 89.3 Å². The highest BCUT2D eigenvalue weighted by Gasteiger charge is 2.37. The van der Waals surface area contributed by atoms with Crippen LogP contribution in [-0.2, 0) is 23.7 Å². The van der Waals surface area contributed by atoms with E-state index in [0.717, 1.165) is 31.3 Å². The van der Waals surface area contributed by atoms with Crippen LogP contribution in [0, 0.1) is 6.92 Å². The number of fused-ring (bicyclic) bond motifs is 4. The Bertz CT molecular complexity index is 1290. The number of benzene rings is 2. The van der Waals surface area contributed by atoms with E-state index in [4.69, 9.17) is 0 Å². The van der Waals surface area contributed by atoms with E-state index in [1.165, 1.54) is 50.3 Å². The van der Waals surface area contributed by atoms with Gasteiger partial charge in [-0.3, -0.25) is 0 Å². The Morgan fingerprint density at radius 2 is 1.62 bits per heavy atom. The van der Waals surface area contributed by atoms with Gasteiger partial charge in [-0.2, -0.15) is 0 Å². The molecule has 0 unspecified atom stereocenters. The summed E-state index contributed by atoms with van der Waals surface area (Å²) < 4.78 is 0. The summed E-state index contributed by atoms with van der Waals surface area (Å²) in [4.78, 5) is 0. The Kier molecular flexibility index (Phi) is 5.55. The molecule has 0 saturated carbocycles. The van der Waals surface area contributed by atoms with Crippen LogP contribution in [0.1, 0.15) is 79.5 Å². The SMILES string of the molecule is C=C(C=CC=C1Nc2ccc3c(c2C1(C)C)C=CCC3)C(C)(C)c1c(C)ccc2c1C=CCC2. The fourth-order valence-electron chi connectivity index (χ4n) is 6.05. The molecule has 0 radical (unpaired) electrons. The zero-order valence-electron chi connectivity index (χ0n) is 21.4. The summed E-state index contributed by atoms with van der Waals surface area (Å²) in [5, 5.41) is 3.71. The van der Waals surface area contributed by atoms with E-state index in [-0.39, 0.29) is 10.8 Å². The minimum atomic E-state index is -0.141. The Morgan fingerprint density at radius 1 is 0.971 bits per heavy atom. The van der Waals surface area contributed by atoms with E-state index >= 15 is 0 Å². The molecule has 5 rings (SSSR count). The summed E-state index contributed by atoms with van der Waals surface area (Å²) >= 11 is 0. The molecule has 0 amide bonds. The van der Waals surface area contributed by atoms with Gasteiger partial charge in [0.15, 0.2) is 0 Å². The zero-order chi connectivity index (χ0) is 24.1. The Morgan fingerprint density at radius 3 is 2.35 bits per heavy atom. The standard InChI is InChI=1S/C33H37N/c1-22-18-19-24-13-7-9-15-26(24)30(22)32(3,4)23(2)12-11-17-29-33(5,6)31-27-16-10-8-14-25(27)20-21-28(31)34-29/h9-12,15-21,34H,2,7-8,13-14H2,1,3-6H3. The molecule has 2 aromatic rings. The zero-order valence-corrected chi connectivity index (χ0v) is 21.4. The molecule has 1 nitrogen and oxygen atoms in total. The summed E-state index contributed by atoms with van der Waals surface area (Å²) in [6.07, 6.45) is 20.4. The van der Waals surface area contributed by atoms with Crippen LogP contribution in [0.25, 0.3) is 12.2 Å². The number of hydrogen-bond acceptors (Lipinski definition) is 1. The number of aryl methyl sites for hydroxylation is 3. The highest BCUT2D eigenvalue weighted by molar-refractivity contribution is 5.78. The minimum Gasteiger partial charge on any atom is -0.358 e. The van der Waals surface area contributed by atoms with Crippen LogP contribution in [0.4, 0.5) is 5.69 Å². The molecule has 1 heterocycles. The van der Waals surface area contributed by atoms with Crippen molar-refractivity contribution in [3.05, 3.63) is 111 Å². The predicted octanol–water partition coefficient (Wildman–Crippen LogP) is 8.59. The molecule has 3 aliphatic rings. The monoisotopic (exact) mass is 447 g/mol. The van der Waals surface area contributed by atoms with Crippen molar-refractivity contribution in [3.8, 4) is 0 Å². The molecule has 0 fully saturated rings. The third-order valence-corrected chi connectivity index (χ3v) is 8.17. The molecule has 1 N–H and O–H groups in total. The number of rotatable bonds is 4. The highest BCUT2D eigenvalue weighted by atomic mass is 15.0. The van der Waals surface area contributed by atoms with Gasteiger partial charge >= 0.3 is 0 Å². The molecular formula is C33H37N. The molecule has 0 atom stereocenters. The quantitative estimate of drug-likeness (QED) is 0.463. The van der Waals surface area contributed by atoms with Gasteiger partial charge < -0.3 is 5.32 Å². The first-order chi connectivity index (χ1) is 16.2. The van der Waals surface area contributed by atoms with Crippen molar-refractivity contribution in [3.63, 3.8) is 0 Å². The van der Waals surface area contributed by atoms with Crippen molar-refractivity contribution in [2.45, 2.75) is 71.1 Å². The number of hydrogen-bond donors (Lipinski definition) is 1. The van der Waals surface area contributed by atoms with Gasteiger partial charge in [0, 0.05) is 22.2 Å². The molecule has 0 spiro atoms. The number of nitrogens with one attached hydrogen (secondary N) is 1. The summed E-state index contributed by atoms with van der Waals surface area (Å²) in [5.41, 5.74) is 13.4. The van der Waals surface area contributed by atoms with Gasteiger partial charge in [0.05, 0.1) is 0 Å². The Balaban J connectivity index is 1.44. The third-order valence-electron chi connectivity index (χ3n) is 8.17. The second-order valence-corrected chi connectivity index (χ2v) is 11.1. The summed E-state index contributed by atoms with van der Waals surface area (Å²) in [7, 11) is 0. The molecule has 1 heteroatoms. The average Bonchev–Trinajstić information content (AvgIpc) is 3.08. The maximum Gasteiger partial charge on any atom is 0.0430 e. The van der Waals surface area contributed by atoms with E-state index in [2.05, 4.69) is 113 Å². The lowest BCUT2D eigenvalue weighted by molar-refractivity contribution is 0.633. The fourth-order valence-corrected chi connectivity index (χ4v) is 6.05.